The molecule has 1 saturated heterocycles. The van der Waals surface area contributed by atoms with Crippen molar-refractivity contribution in [3.05, 3.63) is 41.8 Å². The first-order chi connectivity index (χ1) is 12.5. The van der Waals surface area contributed by atoms with Crippen molar-refractivity contribution < 1.29 is 21.6 Å². The van der Waals surface area contributed by atoms with Gasteiger partial charge in [0.1, 0.15) is 0 Å². The number of nitrogens with one attached hydrogen (secondary N) is 1. The van der Waals surface area contributed by atoms with Crippen molar-refractivity contribution in [1.29, 1.82) is 0 Å². The van der Waals surface area contributed by atoms with Crippen LogP contribution in [0.1, 0.15) is 12.0 Å². The van der Waals surface area contributed by atoms with Gasteiger partial charge in [-0.25, -0.2) is 21.6 Å². The van der Waals surface area contributed by atoms with E-state index in [9.17, 15) is 21.6 Å². The third kappa shape index (κ3) is 5.61. The van der Waals surface area contributed by atoms with E-state index in [0.717, 1.165) is 11.0 Å². The molecule has 0 radical (unpaired) electrons. The maximum atomic E-state index is 12.8. The van der Waals surface area contributed by atoms with Gasteiger partial charge in [0.25, 0.3) is 0 Å². The molecular weight excluding hydrogens is 390 g/mol. The topological polar surface area (TPSA) is 104 Å². The van der Waals surface area contributed by atoms with E-state index in [1.807, 2.05) is 0 Å². The molecule has 1 aliphatic heterocycles. The quantitative estimate of drug-likeness (QED) is 0.662. The Morgan fingerprint density at radius 1 is 1.26 bits per heavy atom. The van der Waals surface area contributed by atoms with Crippen molar-refractivity contribution >= 4 is 26.0 Å². The van der Waals surface area contributed by atoms with Crippen LogP contribution in [0.3, 0.4) is 0 Å². The highest BCUT2D eigenvalue weighted by Crippen LogP contribution is 2.24. The maximum absolute atomic E-state index is 12.8. The van der Waals surface area contributed by atoms with Crippen molar-refractivity contribution in [2.45, 2.75) is 17.7 Å². The number of nitrogens with zero attached hydrogens (tertiary/aromatic N) is 2. The minimum atomic E-state index is -3.65. The lowest BCUT2D eigenvalue weighted by molar-refractivity contribution is -0.127. The summed E-state index contributed by atoms with van der Waals surface area (Å²) in [7, 11) is -3.84. The van der Waals surface area contributed by atoms with E-state index in [1.165, 1.54) is 21.3 Å². The van der Waals surface area contributed by atoms with Gasteiger partial charge in [-0.05, 0) is 30.0 Å². The fourth-order valence-electron chi connectivity index (χ4n) is 2.74. The van der Waals surface area contributed by atoms with Gasteiger partial charge in [0, 0.05) is 39.1 Å². The zero-order chi connectivity index (χ0) is 20.2. The van der Waals surface area contributed by atoms with E-state index in [-0.39, 0.29) is 36.2 Å². The Hall–Kier alpha value is -1.75. The molecule has 10 heteroatoms. The van der Waals surface area contributed by atoms with Gasteiger partial charge in [-0.15, -0.1) is 0 Å². The minimum absolute atomic E-state index is 0.0602. The van der Waals surface area contributed by atoms with Crippen LogP contribution >= 0.6 is 0 Å². The maximum Gasteiger partial charge on any atom is 0.243 e. The Morgan fingerprint density at radius 3 is 2.44 bits per heavy atom. The van der Waals surface area contributed by atoms with Crippen molar-refractivity contribution in [2.24, 2.45) is 5.92 Å². The fraction of sp³-hybridized carbons (Fsp3) is 0.471. The van der Waals surface area contributed by atoms with E-state index in [4.69, 9.17) is 0 Å². The lowest BCUT2D eigenvalue weighted by Crippen LogP contribution is -2.32. The molecular formula is C17H25N3O5S2. The van der Waals surface area contributed by atoms with Gasteiger partial charge in [-0.3, -0.25) is 4.79 Å². The van der Waals surface area contributed by atoms with Crippen LogP contribution in [-0.2, 0) is 31.3 Å². The molecule has 1 aromatic rings. The van der Waals surface area contributed by atoms with Gasteiger partial charge in [-0.1, -0.05) is 18.7 Å². The third-order valence-electron chi connectivity index (χ3n) is 4.46. The van der Waals surface area contributed by atoms with Crippen molar-refractivity contribution in [2.75, 3.05) is 33.7 Å². The van der Waals surface area contributed by atoms with Crippen LogP contribution < -0.4 is 4.72 Å². The molecule has 0 saturated carbocycles. The summed E-state index contributed by atoms with van der Waals surface area (Å²) in [5.41, 5.74) is 0.741. The van der Waals surface area contributed by atoms with Crippen LogP contribution in [0.25, 0.3) is 0 Å². The Morgan fingerprint density at radius 2 is 1.89 bits per heavy atom. The largest absolute Gasteiger partial charge is 0.349 e. The van der Waals surface area contributed by atoms with Crippen molar-refractivity contribution in [3.8, 4) is 0 Å². The molecule has 1 fully saturated rings. The number of sulfonamides is 2. The summed E-state index contributed by atoms with van der Waals surface area (Å²) in [6.45, 7) is 3.99. The number of rotatable bonds is 8. The summed E-state index contributed by atoms with van der Waals surface area (Å²) in [6.07, 6.45) is 0.789. The monoisotopic (exact) mass is 415 g/mol. The van der Waals surface area contributed by atoms with E-state index < -0.39 is 20.0 Å². The van der Waals surface area contributed by atoms with Gasteiger partial charge < -0.3 is 4.90 Å². The Labute approximate surface area is 161 Å². The zero-order valence-corrected chi connectivity index (χ0v) is 17.1. The van der Waals surface area contributed by atoms with Crippen LogP contribution in [0, 0.1) is 5.92 Å². The lowest BCUT2D eigenvalue weighted by Gasteiger charge is -2.17. The summed E-state index contributed by atoms with van der Waals surface area (Å²) in [5, 5.41) is 0.832. The van der Waals surface area contributed by atoms with E-state index in [2.05, 4.69) is 11.3 Å². The molecule has 27 heavy (non-hydrogen) atoms. The number of carbonyl (C=O) groups excluding carboxylic acids is 1. The summed E-state index contributed by atoms with van der Waals surface area (Å²) < 4.78 is 52.1. The Kier molecular flexibility index (Phi) is 6.79. The highest BCUT2D eigenvalue weighted by Gasteiger charge is 2.32. The minimum Gasteiger partial charge on any atom is -0.349 e. The van der Waals surface area contributed by atoms with Crippen molar-refractivity contribution in [3.63, 3.8) is 0 Å². The number of benzene rings is 1. The van der Waals surface area contributed by atoms with Gasteiger partial charge >= 0.3 is 0 Å². The normalized spacial score (nSPS) is 18.4. The second-order valence-electron chi connectivity index (χ2n) is 6.69. The molecule has 1 aliphatic rings. The predicted octanol–water partition coefficient (Wildman–Crippen LogP) is 0.391. The lowest BCUT2D eigenvalue weighted by atomic mass is 10.1. The SMILES string of the molecule is C=CS(=O)(=O)NC[C@H]1CCN(S(=O)(=O)c2ccc(CC(=O)N(C)C)cc2)C1. The molecule has 150 valence electrons. The molecule has 1 heterocycles. The van der Waals surface area contributed by atoms with Crippen molar-refractivity contribution in [1.82, 2.24) is 13.9 Å². The molecule has 0 unspecified atom stereocenters. The number of likely N-dealkylation sites (N-methyl/N-ethyl adjacent to an activating group) is 1. The molecule has 1 atom stereocenters. The van der Waals surface area contributed by atoms with E-state index in [0.29, 0.717) is 13.0 Å². The van der Waals surface area contributed by atoms with E-state index >= 15 is 0 Å². The summed E-state index contributed by atoms with van der Waals surface area (Å²) in [5.74, 6) is -0.151. The van der Waals surface area contributed by atoms with Gasteiger partial charge in [0.05, 0.1) is 11.3 Å². The summed E-state index contributed by atoms with van der Waals surface area (Å²) in [4.78, 5) is 13.4. The van der Waals surface area contributed by atoms with Gasteiger partial charge in [0.2, 0.25) is 26.0 Å². The molecule has 1 aromatic carbocycles. The first-order valence-electron chi connectivity index (χ1n) is 8.46. The number of hydrogen-bond donors (Lipinski definition) is 1. The highest BCUT2D eigenvalue weighted by atomic mass is 32.2. The molecule has 0 aliphatic carbocycles. The average molecular weight is 416 g/mol. The van der Waals surface area contributed by atoms with E-state index in [1.54, 1.807) is 26.2 Å². The standard InChI is InChI=1S/C17H25N3O5S2/c1-4-26(22,23)18-12-15-9-10-20(13-15)27(24,25)16-7-5-14(6-8-16)11-17(21)19(2)3/h4-8,15,18H,1,9-13H2,2-3H3/t15-/m1/s1. The summed E-state index contributed by atoms with van der Waals surface area (Å²) >= 11 is 0. The van der Waals surface area contributed by atoms with Crippen LogP contribution in [-0.4, -0.2) is 65.7 Å². The molecule has 0 aromatic heterocycles. The molecule has 8 nitrogen and oxygen atoms in total. The first kappa shape index (κ1) is 21.5. The fourth-order valence-corrected chi connectivity index (χ4v) is 4.85. The van der Waals surface area contributed by atoms with Crippen LogP contribution in [0.15, 0.2) is 41.1 Å². The smallest absolute Gasteiger partial charge is 0.243 e. The Balaban J connectivity index is 2.02. The zero-order valence-electron chi connectivity index (χ0n) is 15.5. The molecule has 1 N–H and O–H groups in total. The number of hydrogen-bond acceptors (Lipinski definition) is 5. The predicted molar refractivity (Wildman–Crippen MR) is 103 cm³/mol. The second-order valence-corrected chi connectivity index (χ2v) is 10.3. The van der Waals surface area contributed by atoms with Crippen LogP contribution in [0.2, 0.25) is 0 Å². The molecule has 2 rings (SSSR count). The van der Waals surface area contributed by atoms with Gasteiger partial charge in [-0.2, -0.15) is 4.31 Å². The first-order valence-corrected chi connectivity index (χ1v) is 11.4. The second kappa shape index (κ2) is 8.51. The van der Waals surface area contributed by atoms with Crippen LogP contribution in [0.5, 0.6) is 0 Å². The molecule has 1 amide bonds. The number of carbonyl (C=O) groups is 1. The molecule has 0 bridgehead atoms. The average Bonchev–Trinajstić information content (AvgIpc) is 3.10. The Bertz CT molecular complexity index is 893. The third-order valence-corrected chi connectivity index (χ3v) is 7.34. The van der Waals surface area contributed by atoms with Gasteiger partial charge in [0.15, 0.2) is 0 Å². The summed E-state index contributed by atoms with van der Waals surface area (Å²) in [6, 6.07) is 6.28. The number of amides is 1. The molecule has 0 spiro atoms. The highest BCUT2D eigenvalue weighted by molar-refractivity contribution is 7.92. The van der Waals surface area contributed by atoms with Crippen LogP contribution in [0.4, 0.5) is 0 Å².